The summed E-state index contributed by atoms with van der Waals surface area (Å²) < 4.78 is 71.2. The Balaban J connectivity index is 1.88. The number of alkyl halides is 3. The molecule has 0 aromatic heterocycles. The number of carbonyl (C=O) groups is 1. The van der Waals surface area contributed by atoms with Gasteiger partial charge in [-0.3, -0.25) is 4.79 Å². The van der Waals surface area contributed by atoms with E-state index in [4.69, 9.17) is 4.74 Å². The first-order valence-corrected chi connectivity index (χ1v) is 11.2. The molecule has 1 saturated heterocycles. The summed E-state index contributed by atoms with van der Waals surface area (Å²) in [5.74, 6) is -0.533. The van der Waals surface area contributed by atoms with Crippen LogP contribution in [0.3, 0.4) is 0 Å². The van der Waals surface area contributed by atoms with Crippen molar-refractivity contribution in [2.45, 2.75) is 43.3 Å². The lowest BCUT2D eigenvalue weighted by Gasteiger charge is -2.32. The lowest BCUT2D eigenvalue weighted by atomic mass is 10.1. The third-order valence-corrected chi connectivity index (χ3v) is 7.26. The molecule has 1 N–H and O–H groups in total. The van der Waals surface area contributed by atoms with Gasteiger partial charge in [-0.05, 0) is 62.2 Å². The smallest absolute Gasteiger partial charge is 0.416 e. The second kappa shape index (κ2) is 8.88. The molecule has 1 atom stereocenters. The molecule has 0 bridgehead atoms. The minimum atomic E-state index is -4.48. The molecule has 1 heterocycles. The normalized spacial score (nSPS) is 17.9. The monoisotopic (exact) mass is 456 g/mol. The van der Waals surface area contributed by atoms with E-state index in [0.29, 0.717) is 6.54 Å². The van der Waals surface area contributed by atoms with Crippen LogP contribution in [0.4, 0.5) is 18.9 Å². The van der Waals surface area contributed by atoms with E-state index >= 15 is 0 Å². The minimum absolute atomic E-state index is 0.0453. The fourth-order valence-corrected chi connectivity index (χ4v) is 5.40. The number of nitrogens with one attached hydrogen (secondary N) is 1. The van der Waals surface area contributed by atoms with Crippen LogP contribution in [0.1, 0.15) is 42.1 Å². The number of amides is 1. The number of methoxy groups -OCH3 is 1. The highest BCUT2D eigenvalue weighted by Crippen LogP contribution is 2.32. The van der Waals surface area contributed by atoms with Crippen LogP contribution in [0, 0.1) is 0 Å². The average molecular weight is 456 g/mol. The quantitative estimate of drug-likeness (QED) is 0.717. The maximum atomic E-state index is 13.2. The molecule has 1 aliphatic rings. The number of ether oxygens (including phenoxy) is 1. The molecule has 6 nitrogen and oxygen atoms in total. The molecule has 2 aromatic rings. The van der Waals surface area contributed by atoms with Gasteiger partial charge in [0.2, 0.25) is 10.0 Å². The van der Waals surface area contributed by atoms with Crippen molar-refractivity contribution >= 4 is 21.6 Å². The van der Waals surface area contributed by atoms with Gasteiger partial charge in [0.15, 0.2) is 0 Å². The number of anilines is 1. The Morgan fingerprint density at radius 1 is 1.13 bits per heavy atom. The first kappa shape index (κ1) is 23.1. The second-order valence-corrected chi connectivity index (χ2v) is 9.21. The molecule has 10 heteroatoms. The largest absolute Gasteiger partial charge is 0.495 e. The van der Waals surface area contributed by atoms with Crippen LogP contribution in [-0.2, 0) is 16.2 Å². The third-order valence-electron chi connectivity index (χ3n) is 5.22. The Labute approximate surface area is 179 Å². The van der Waals surface area contributed by atoms with Gasteiger partial charge in [-0.25, -0.2) is 8.42 Å². The molecular weight excluding hydrogens is 433 g/mol. The van der Waals surface area contributed by atoms with Crippen LogP contribution in [0.2, 0.25) is 0 Å². The first-order chi connectivity index (χ1) is 14.5. The number of hydrogen-bond donors (Lipinski definition) is 1. The summed E-state index contributed by atoms with van der Waals surface area (Å²) in [4.78, 5) is 12.5. The van der Waals surface area contributed by atoms with Crippen LogP contribution in [0.25, 0.3) is 0 Å². The summed E-state index contributed by atoms with van der Waals surface area (Å²) in [5.41, 5.74) is -0.634. The van der Waals surface area contributed by atoms with Gasteiger partial charge in [-0.2, -0.15) is 17.5 Å². The van der Waals surface area contributed by atoms with E-state index < -0.39 is 27.7 Å². The zero-order chi connectivity index (χ0) is 22.8. The highest BCUT2D eigenvalue weighted by Gasteiger charge is 2.34. The van der Waals surface area contributed by atoms with Crippen molar-refractivity contribution in [1.82, 2.24) is 4.31 Å². The lowest BCUT2D eigenvalue weighted by molar-refractivity contribution is -0.137. The van der Waals surface area contributed by atoms with Crippen molar-refractivity contribution in [3.63, 3.8) is 0 Å². The van der Waals surface area contributed by atoms with Crippen molar-refractivity contribution in [1.29, 1.82) is 0 Å². The van der Waals surface area contributed by atoms with Crippen molar-refractivity contribution in [2.75, 3.05) is 19.0 Å². The summed E-state index contributed by atoms with van der Waals surface area (Å²) in [5, 5.41) is 2.49. The summed E-state index contributed by atoms with van der Waals surface area (Å²) in [7, 11) is -2.56. The molecular formula is C21H23F3N2O4S. The van der Waals surface area contributed by atoms with E-state index in [-0.39, 0.29) is 27.9 Å². The van der Waals surface area contributed by atoms with Crippen LogP contribution in [0.15, 0.2) is 47.4 Å². The van der Waals surface area contributed by atoms with E-state index in [0.717, 1.165) is 43.5 Å². The molecule has 3 rings (SSSR count). The second-order valence-electron chi connectivity index (χ2n) is 7.36. The number of benzene rings is 2. The molecule has 0 spiro atoms. The van der Waals surface area contributed by atoms with E-state index in [9.17, 15) is 26.4 Å². The topological polar surface area (TPSA) is 75.7 Å². The van der Waals surface area contributed by atoms with Gasteiger partial charge in [0.25, 0.3) is 5.91 Å². The van der Waals surface area contributed by atoms with Crippen molar-refractivity contribution in [3.8, 4) is 5.75 Å². The van der Waals surface area contributed by atoms with Crippen LogP contribution in [-0.4, -0.2) is 38.3 Å². The molecule has 0 radical (unpaired) electrons. The number of piperidine rings is 1. The van der Waals surface area contributed by atoms with Crippen molar-refractivity contribution < 1.29 is 31.1 Å². The van der Waals surface area contributed by atoms with Crippen LogP contribution >= 0.6 is 0 Å². The highest BCUT2D eigenvalue weighted by molar-refractivity contribution is 7.89. The average Bonchev–Trinajstić information content (AvgIpc) is 2.73. The zero-order valence-electron chi connectivity index (χ0n) is 17.1. The van der Waals surface area contributed by atoms with Crippen LogP contribution < -0.4 is 10.1 Å². The molecule has 0 saturated carbocycles. The Morgan fingerprint density at radius 3 is 2.39 bits per heavy atom. The zero-order valence-corrected chi connectivity index (χ0v) is 17.9. The van der Waals surface area contributed by atoms with Gasteiger partial charge in [-0.15, -0.1) is 0 Å². The summed E-state index contributed by atoms with van der Waals surface area (Å²) in [6, 6.07) is 7.84. The van der Waals surface area contributed by atoms with Gasteiger partial charge < -0.3 is 10.1 Å². The number of carbonyl (C=O) groups excluding carboxylic acids is 1. The fourth-order valence-electron chi connectivity index (χ4n) is 3.52. The molecule has 0 aliphatic carbocycles. The fraction of sp³-hybridized carbons (Fsp3) is 0.381. The predicted molar refractivity (Wildman–Crippen MR) is 110 cm³/mol. The molecule has 1 unspecified atom stereocenters. The number of nitrogens with zero attached hydrogens (tertiary/aromatic N) is 1. The van der Waals surface area contributed by atoms with E-state index in [1.54, 1.807) is 0 Å². The molecule has 31 heavy (non-hydrogen) atoms. The Kier molecular flexibility index (Phi) is 6.61. The van der Waals surface area contributed by atoms with Gasteiger partial charge in [0.1, 0.15) is 10.6 Å². The van der Waals surface area contributed by atoms with Gasteiger partial charge in [0.05, 0.1) is 12.7 Å². The van der Waals surface area contributed by atoms with E-state index in [1.165, 1.54) is 29.6 Å². The van der Waals surface area contributed by atoms with Gasteiger partial charge >= 0.3 is 6.18 Å². The van der Waals surface area contributed by atoms with E-state index in [2.05, 4.69) is 5.32 Å². The third kappa shape index (κ3) is 5.01. The molecule has 168 valence electrons. The summed E-state index contributed by atoms with van der Waals surface area (Å²) in [6.45, 7) is 2.22. The molecule has 2 aromatic carbocycles. The Hall–Kier alpha value is -2.59. The maximum Gasteiger partial charge on any atom is 0.416 e. The summed E-state index contributed by atoms with van der Waals surface area (Å²) in [6.07, 6.45) is -2.04. The number of halogens is 3. The van der Waals surface area contributed by atoms with Crippen LogP contribution in [0.5, 0.6) is 5.75 Å². The van der Waals surface area contributed by atoms with Crippen molar-refractivity contribution in [2.24, 2.45) is 0 Å². The lowest BCUT2D eigenvalue weighted by Crippen LogP contribution is -2.42. The predicted octanol–water partition coefficient (Wildman–Crippen LogP) is 4.53. The first-order valence-electron chi connectivity index (χ1n) is 9.72. The number of hydrogen-bond acceptors (Lipinski definition) is 4. The summed E-state index contributed by atoms with van der Waals surface area (Å²) >= 11 is 0. The highest BCUT2D eigenvalue weighted by atomic mass is 32.2. The Morgan fingerprint density at radius 2 is 1.81 bits per heavy atom. The Bertz CT molecular complexity index is 1050. The van der Waals surface area contributed by atoms with Crippen molar-refractivity contribution in [3.05, 3.63) is 53.6 Å². The molecule has 1 amide bonds. The van der Waals surface area contributed by atoms with Gasteiger partial charge in [0, 0.05) is 23.8 Å². The standard InChI is InChI=1S/C21H23F3N2O4S/c1-14-5-3-4-12-26(14)31(28,29)19-13-15(6-11-18(19)30-2)20(27)25-17-9-7-16(8-10-17)21(22,23)24/h6-11,13-14H,3-5,12H2,1-2H3,(H,25,27). The minimum Gasteiger partial charge on any atom is -0.495 e. The maximum absolute atomic E-state index is 13.2. The number of sulfonamides is 1. The van der Waals surface area contributed by atoms with E-state index in [1.807, 2.05) is 6.92 Å². The van der Waals surface area contributed by atoms with Gasteiger partial charge in [-0.1, -0.05) is 6.42 Å². The molecule has 1 aliphatic heterocycles. The number of rotatable bonds is 5. The molecule has 1 fully saturated rings. The SMILES string of the molecule is COc1ccc(C(=O)Nc2ccc(C(F)(F)F)cc2)cc1S(=O)(=O)N1CCCCC1C.